The lowest BCUT2D eigenvalue weighted by atomic mass is 9.90. The van der Waals surface area contributed by atoms with Crippen molar-refractivity contribution in [3.05, 3.63) is 39.2 Å². The minimum Gasteiger partial charge on any atom is -0.477 e. The lowest BCUT2D eigenvalue weighted by Gasteiger charge is -2.16. The van der Waals surface area contributed by atoms with Crippen molar-refractivity contribution in [3.63, 3.8) is 0 Å². The monoisotopic (exact) mass is 273 g/mol. The van der Waals surface area contributed by atoms with Crippen LogP contribution in [0.25, 0.3) is 11.3 Å². The van der Waals surface area contributed by atoms with Gasteiger partial charge in [0.15, 0.2) is 0 Å². The van der Waals surface area contributed by atoms with E-state index in [4.69, 9.17) is 0 Å². The number of thiazole rings is 1. The molecular formula is C15H15NO2S. The van der Waals surface area contributed by atoms with E-state index in [-0.39, 0.29) is 0 Å². The molecule has 1 aromatic heterocycles. The van der Waals surface area contributed by atoms with Gasteiger partial charge in [0.2, 0.25) is 0 Å². The maximum absolute atomic E-state index is 11.3. The number of hydrogen-bond acceptors (Lipinski definition) is 3. The lowest BCUT2D eigenvalue weighted by molar-refractivity contribution is 0.0702. The molecule has 19 heavy (non-hydrogen) atoms. The predicted molar refractivity (Wildman–Crippen MR) is 75.9 cm³/mol. The second-order valence-electron chi connectivity index (χ2n) is 4.91. The highest BCUT2D eigenvalue weighted by atomic mass is 32.1. The number of aryl methyl sites for hydroxylation is 3. The van der Waals surface area contributed by atoms with E-state index in [0.717, 1.165) is 23.4 Å². The fourth-order valence-electron chi connectivity index (χ4n) is 2.65. The molecule has 0 bridgehead atoms. The Labute approximate surface area is 115 Å². The molecule has 3 rings (SSSR count). The number of carbonyl (C=O) groups is 1. The molecule has 0 fully saturated rings. The summed E-state index contributed by atoms with van der Waals surface area (Å²) in [6.45, 7) is 1.85. The van der Waals surface area contributed by atoms with Crippen molar-refractivity contribution in [2.45, 2.75) is 32.6 Å². The Morgan fingerprint density at radius 1 is 1.26 bits per heavy atom. The topological polar surface area (TPSA) is 50.2 Å². The molecular weight excluding hydrogens is 258 g/mol. The first-order chi connectivity index (χ1) is 9.15. The number of aromatic nitrogens is 1. The van der Waals surface area contributed by atoms with Gasteiger partial charge in [-0.1, -0.05) is 12.1 Å². The summed E-state index contributed by atoms with van der Waals surface area (Å²) < 4.78 is 0. The Kier molecular flexibility index (Phi) is 3.11. The van der Waals surface area contributed by atoms with Gasteiger partial charge in [0.05, 0.1) is 10.7 Å². The Hall–Kier alpha value is -1.68. The first kappa shape index (κ1) is 12.4. The summed E-state index contributed by atoms with van der Waals surface area (Å²) in [6.07, 6.45) is 4.70. The fourth-order valence-corrected chi connectivity index (χ4v) is 3.43. The molecule has 0 unspecified atom stereocenters. The van der Waals surface area contributed by atoms with E-state index < -0.39 is 5.97 Å². The Bertz CT molecular complexity index is 646. The molecule has 0 radical (unpaired) electrons. The van der Waals surface area contributed by atoms with Gasteiger partial charge in [0.25, 0.3) is 0 Å². The fraction of sp³-hybridized carbons (Fsp3) is 0.333. The highest BCUT2D eigenvalue weighted by Crippen LogP contribution is 2.31. The summed E-state index contributed by atoms with van der Waals surface area (Å²) in [5, 5.41) is 10.0. The highest BCUT2D eigenvalue weighted by Gasteiger charge is 2.18. The van der Waals surface area contributed by atoms with Crippen LogP contribution in [-0.2, 0) is 12.8 Å². The summed E-state index contributed by atoms with van der Waals surface area (Å²) >= 11 is 1.24. The summed E-state index contributed by atoms with van der Waals surface area (Å²) in [5.74, 6) is -0.890. The smallest absolute Gasteiger partial charge is 0.348 e. The quantitative estimate of drug-likeness (QED) is 0.907. The van der Waals surface area contributed by atoms with Crippen LogP contribution in [-0.4, -0.2) is 16.1 Å². The van der Waals surface area contributed by atoms with E-state index in [1.807, 2.05) is 13.0 Å². The summed E-state index contributed by atoms with van der Waals surface area (Å²) in [5.41, 5.74) is 4.30. The molecule has 1 N–H and O–H groups in total. The molecule has 0 saturated heterocycles. The molecule has 0 atom stereocenters. The third-order valence-corrected chi connectivity index (χ3v) is 4.51. The molecule has 1 aliphatic rings. The Morgan fingerprint density at radius 2 is 2.00 bits per heavy atom. The standard InChI is InChI=1S/C15H15NO2S/c1-9-16-13(14(19-9)15(17)18)12-7-6-10-4-2-3-5-11(10)8-12/h6-8H,2-5H2,1H3,(H,17,18). The second-order valence-corrected chi connectivity index (χ2v) is 6.11. The van der Waals surface area contributed by atoms with Crippen molar-refractivity contribution in [3.8, 4) is 11.3 Å². The number of aromatic carboxylic acids is 1. The molecule has 2 aromatic rings. The van der Waals surface area contributed by atoms with Crippen LogP contribution in [0.2, 0.25) is 0 Å². The molecule has 1 aromatic carbocycles. The van der Waals surface area contributed by atoms with Gasteiger partial charge >= 0.3 is 5.97 Å². The zero-order valence-corrected chi connectivity index (χ0v) is 11.6. The zero-order valence-electron chi connectivity index (χ0n) is 10.8. The number of fused-ring (bicyclic) bond motifs is 1. The van der Waals surface area contributed by atoms with Crippen molar-refractivity contribution in [1.29, 1.82) is 0 Å². The SMILES string of the molecule is Cc1nc(-c2ccc3c(c2)CCCC3)c(C(=O)O)s1. The molecule has 0 aliphatic heterocycles. The van der Waals surface area contributed by atoms with Gasteiger partial charge in [0, 0.05) is 5.56 Å². The molecule has 0 spiro atoms. The van der Waals surface area contributed by atoms with Crippen LogP contribution in [0.5, 0.6) is 0 Å². The van der Waals surface area contributed by atoms with E-state index in [1.165, 1.54) is 35.3 Å². The van der Waals surface area contributed by atoms with E-state index in [2.05, 4.69) is 17.1 Å². The molecule has 0 saturated carbocycles. The third kappa shape index (κ3) is 2.28. The van der Waals surface area contributed by atoms with Gasteiger partial charge < -0.3 is 5.11 Å². The number of carboxylic acids is 1. The Morgan fingerprint density at radius 3 is 2.74 bits per heavy atom. The predicted octanol–water partition coefficient (Wildman–Crippen LogP) is 3.70. The molecule has 0 amide bonds. The van der Waals surface area contributed by atoms with Crippen LogP contribution < -0.4 is 0 Å². The number of rotatable bonds is 2. The van der Waals surface area contributed by atoms with Crippen molar-refractivity contribution in [2.24, 2.45) is 0 Å². The van der Waals surface area contributed by atoms with Crippen LogP contribution in [0, 0.1) is 6.92 Å². The summed E-state index contributed by atoms with van der Waals surface area (Å²) in [4.78, 5) is 16.0. The average molecular weight is 273 g/mol. The summed E-state index contributed by atoms with van der Waals surface area (Å²) in [7, 11) is 0. The van der Waals surface area contributed by atoms with Crippen LogP contribution in [0.15, 0.2) is 18.2 Å². The van der Waals surface area contributed by atoms with Gasteiger partial charge in [-0.25, -0.2) is 9.78 Å². The number of carboxylic acid groups (broad SMARTS) is 1. The first-order valence-electron chi connectivity index (χ1n) is 6.48. The molecule has 1 heterocycles. The molecule has 1 aliphatic carbocycles. The van der Waals surface area contributed by atoms with Crippen molar-refractivity contribution in [2.75, 3.05) is 0 Å². The van der Waals surface area contributed by atoms with Crippen LogP contribution in [0.4, 0.5) is 0 Å². The van der Waals surface area contributed by atoms with E-state index >= 15 is 0 Å². The molecule has 98 valence electrons. The normalized spacial score (nSPS) is 14.2. The Balaban J connectivity index is 2.09. The van der Waals surface area contributed by atoms with Crippen molar-refractivity contribution < 1.29 is 9.90 Å². The van der Waals surface area contributed by atoms with Crippen molar-refractivity contribution in [1.82, 2.24) is 4.98 Å². The maximum atomic E-state index is 11.3. The van der Waals surface area contributed by atoms with Gasteiger partial charge in [-0.2, -0.15) is 0 Å². The molecule has 4 heteroatoms. The zero-order chi connectivity index (χ0) is 13.4. The van der Waals surface area contributed by atoms with Crippen LogP contribution in [0.3, 0.4) is 0 Å². The van der Waals surface area contributed by atoms with Gasteiger partial charge in [-0.15, -0.1) is 11.3 Å². The largest absolute Gasteiger partial charge is 0.477 e. The minimum absolute atomic E-state index is 0.341. The van der Waals surface area contributed by atoms with Crippen LogP contribution in [0.1, 0.15) is 38.6 Å². The molecule has 3 nitrogen and oxygen atoms in total. The van der Waals surface area contributed by atoms with Gasteiger partial charge in [-0.3, -0.25) is 0 Å². The van der Waals surface area contributed by atoms with Gasteiger partial charge in [0.1, 0.15) is 4.88 Å². The number of hydrogen-bond donors (Lipinski definition) is 1. The average Bonchev–Trinajstić information content (AvgIpc) is 2.80. The van der Waals surface area contributed by atoms with E-state index in [1.54, 1.807) is 0 Å². The first-order valence-corrected chi connectivity index (χ1v) is 7.29. The number of benzene rings is 1. The van der Waals surface area contributed by atoms with Crippen LogP contribution >= 0.6 is 11.3 Å². The van der Waals surface area contributed by atoms with E-state index in [9.17, 15) is 9.90 Å². The third-order valence-electron chi connectivity index (χ3n) is 3.55. The van der Waals surface area contributed by atoms with E-state index in [0.29, 0.717) is 10.6 Å². The second kappa shape index (κ2) is 4.78. The van der Waals surface area contributed by atoms with Gasteiger partial charge in [-0.05, 0) is 49.8 Å². The number of nitrogens with zero attached hydrogens (tertiary/aromatic N) is 1. The highest BCUT2D eigenvalue weighted by molar-refractivity contribution is 7.14. The summed E-state index contributed by atoms with van der Waals surface area (Å²) in [6, 6.07) is 6.25. The lowest BCUT2D eigenvalue weighted by Crippen LogP contribution is -2.03. The minimum atomic E-state index is -0.890. The maximum Gasteiger partial charge on any atom is 0.348 e. The van der Waals surface area contributed by atoms with Crippen molar-refractivity contribution >= 4 is 17.3 Å².